The predicted octanol–water partition coefficient (Wildman–Crippen LogP) is 3.61. The molecule has 0 saturated heterocycles. The molecule has 1 aliphatic carbocycles. The normalized spacial score (nSPS) is 13.6. The fourth-order valence-corrected chi connectivity index (χ4v) is 4.15. The molecule has 7 nitrogen and oxygen atoms in total. The van der Waals surface area contributed by atoms with Crippen LogP contribution in [0.5, 0.6) is 11.8 Å². The molecule has 3 aromatic heterocycles. The zero-order valence-corrected chi connectivity index (χ0v) is 16.6. The molecule has 7 heteroatoms. The monoisotopic (exact) mass is 389 g/mol. The molecular formula is C22H23N5O2. The first kappa shape index (κ1) is 17.7. The van der Waals surface area contributed by atoms with Crippen molar-refractivity contribution in [3.05, 3.63) is 64.5 Å². The molecule has 1 aromatic carbocycles. The minimum atomic E-state index is -0.0911. The Morgan fingerprint density at radius 1 is 1.10 bits per heavy atom. The van der Waals surface area contributed by atoms with E-state index in [0.29, 0.717) is 24.0 Å². The van der Waals surface area contributed by atoms with E-state index in [1.165, 1.54) is 18.5 Å². The Labute approximate surface area is 168 Å². The highest BCUT2D eigenvalue weighted by Gasteiger charge is 2.19. The van der Waals surface area contributed by atoms with E-state index >= 15 is 0 Å². The van der Waals surface area contributed by atoms with Gasteiger partial charge in [0.05, 0.1) is 16.9 Å². The number of imidazole rings is 2. The van der Waals surface area contributed by atoms with Crippen molar-refractivity contribution >= 4 is 11.2 Å². The van der Waals surface area contributed by atoms with Crippen molar-refractivity contribution in [2.75, 3.05) is 0 Å². The van der Waals surface area contributed by atoms with Crippen LogP contribution in [-0.4, -0.2) is 23.7 Å². The third kappa shape index (κ3) is 2.85. The number of rotatable bonds is 4. The fourth-order valence-electron chi connectivity index (χ4n) is 4.15. The fraction of sp³-hybridized carbons (Fsp3) is 0.318. The van der Waals surface area contributed by atoms with Crippen LogP contribution in [-0.2, 0) is 26.4 Å². The average Bonchev–Trinajstić information content (AvgIpc) is 3.22. The summed E-state index contributed by atoms with van der Waals surface area (Å²) in [6, 6.07) is 11.9. The molecule has 4 aromatic rings. The van der Waals surface area contributed by atoms with Crippen molar-refractivity contribution in [3.63, 3.8) is 0 Å². The molecule has 148 valence electrons. The molecule has 0 fully saturated rings. The van der Waals surface area contributed by atoms with E-state index in [1.807, 2.05) is 54.9 Å². The van der Waals surface area contributed by atoms with Crippen LogP contribution in [0, 0.1) is 0 Å². The summed E-state index contributed by atoms with van der Waals surface area (Å²) in [5.74, 6) is 0.694. The first-order chi connectivity index (χ1) is 14.2. The molecule has 0 bridgehead atoms. The SMILES string of the molecule is CCn1c(=O)n(-c2ccc(Oc3nc4c(n3C)CCCC4)cc2)c2ncccc21. The van der Waals surface area contributed by atoms with E-state index in [4.69, 9.17) is 4.74 Å². The van der Waals surface area contributed by atoms with Gasteiger partial charge >= 0.3 is 11.7 Å². The van der Waals surface area contributed by atoms with Crippen LogP contribution < -0.4 is 10.4 Å². The molecule has 1 aliphatic rings. The lowest BCUT2D eigenvalue weighted by Gasteiger charge is -2.11. The quantitative estimate of drug-likeness (QED) is 0.535. The minimum absolute atomic E-state index is 0.0911. The van der Waals surface area contributed by atoms with Gasteiger partial charge in [0.25, 0.3) is 0 Å². The lowest BCUT2D eigenvalue weighted by Crippen LogP contribution is -2.22. The Bertz CT molecular complexity index is 1250. The van der Waals surface area contributed by atoms with E-state index in [0.717, 1.165) is 29.7 Å². The zero-order chi connectivity index (χ0) is 20.0. The van der Waals surface area contributed by atoms with Gasteiger partial charge in [0, 0.05) is 25.5 Å². The van der Waals surface area contributed by atoms with Gasteiger partial charge < -0.3 is 9.30 Å². The zero-order valence-electron chi connectivity index (χ0n) is 16.6. The summed E-state index contributed by atoms with van der Waals surface area (Å²) in [7, 11) is 2.01. The van der Waals surface area contributed by atoms with Crippen molar-refractivity contribution in [3.8, 4) is 17.4 Å². The average molecular weight is 389 g/mol. The second kappa shape index (κ2) is 6.92. The molecular weight excluding hydrogens is 366 g/mol. The molecule has 0 spiro atoms. The summed E-state index contributed by atoms with van der Waals surface area (Å²) in [5, 5.41) is 0. The van der Waals surface area contributed by atoms with Gasteiger partial charge in [-0.15, -0.1) is 0 Å². The van der Waals surface area contributed by atoms with Crippen LogP contribution in [0.3, 0.4) is 0 Å². The lowest BCUT2D eigenvalue weighted by atomic mass is 10.0. The summed E-state index contributed by atoms with van der Waals surface area (Å²) in [6.45, 7) is 2.56. The molecule has 5 rings (SSSR count). The Morgan fingerprint density at radius 3 is 2.66 bits per heavy atom. The molecule has 0 unspecified atom stereocenters. The van der Waals surface area contributed by atoms with Crippen LogP contribution in [0.2, 0.25) is 0 Å². The standard InChI is InChI=1S/C22H23N5O2/c1-3-26-19-9-6-14-23-20(19)27(22(26)28)15-10-12-16(13-11-15)29-21-24-17-7-4-5-8-18(17)25(21)2/h6,9-14H,3-5,7-8H2,1-2H3. The van der Waals surface area contributed by atoms with E-state index in [9.17, 15) is 4.79 Å². The molecule has 0 N–H and O–H groups in total. The number of ether oxygens (including phenoxy) is 1. The molecule has 0 saturated carbocycles. The molecule has 0 aliphatic heterocycles. The number of aryl methyl sites for hydroxylation is 2. The van der Waals surface area contributed by atoms with E-state index in [1.54, 1.807) is 15.3 Å². The summed E-state index contributed by atoms with van der Waals surface area (Å²) in [5.41, 5.74) is 4.58. The van der Waals surface area contributed by atoms with Crippen molar-refractivity contribution in [2.45, 2.75) is 39.2 Å². The number of hydrogen-bond donors (Lipinski definition) is 0. The topological polar surface area (TPSA) is 66.9 Å². The Morgan fingerprint density at radius 2 is 1.90 bits per heavy atom. The van der Waals surface area contributed by atoms with Gasteiger partial charge in [-0.05, 0) is 69.0 Å². The van der Waals surface area contributed by atoms with Crippen LogP contribution in [0.15, 0.2) is 47.4 Å². The summed E-state index contributed by atoms with van der Waals surface area (Å²) < 4.78 is 11.5. The first-order valence-corrected chi connectivity index (χ1v) is 10.1. The third-order valence-electron chi connectivity index (χ3n) is 5.64. The summed E-state index contributed by atoms with van der Waals surface area (Å²) in [6.07, 6.45) is 6.17. The van der Waals surface area contributed by atoms with Crippen LogP contribution in [0.4, 0.5) is 0 Å². The van der Waals surface area contributed by atoms with Gasteiger partial charge in [-0.25, -0.2) is 14.3 Å². The molecule has 3 heterocycles. The highest BCUT2D eigenvalue weighted by Crippen LogP contribution is 2.28. The van der Waals surface area contributed by atoms with Gasteiger partial charge in [0.2, 0.25) is 0 Å². The van der Waals surface area contributed by atoms with Crippen molar-refractivity contribution < 1.29 is 4.74 Å². The van der Waals surface area contributed by atoms with Crippen molar-refractivity contribution in [1.82, 2.24) is 23.7 Å². The van der Waals surface area contributed by atoms with Gasteiger partial charge in [-0.1, -0.05) is 0 Å². The Hall–Kier alpha value is -3.35. The van der Waals surface area contributed by atoms with Gasteiger partial charge in [-0.3, -0.25) is 4.57 Å². The van der Waals surface area contributed by atoms with E-state index in [2.05, 4.69) is 9.97 Å². The lowest BCUT2D eigenvalue weighted by molar-refractivity contribution is 0.422. The summed E-state index contributed by atoms with van der Waals surface area (Å²) in [4.78, 5) is 22.0. The largest absolute Gasteiger partial charge is 0.426 e. The number of fused-ring (bicyclic) bond motifs is 2. The van der Waals surface area contributed by atoms with Gasteiger partial charge in [0.15, 0.2) is 5.65 Å². The summed E-state index contributed by atoms with van der Waals surface area (Å²) >= 11 is 0. The number of pyridine rings is 1. The van der Waals surface area contributed by atoms with Crippen LogP contribution in [0.25, 0.3) is 16.9 Å². The third-order valence-corrected chi connectivity index (χ3v) is 5.64. The van der Waals surface area contributed by atoms with Crippen molar-refractivity contribution in [2.24, 2.45) is 7.05 Å². The number of hydrogen-bond acceptors (Lipinski definition) is 4. The second-order valence-electron chi connectivity index (χ2n) is 7.36. The Balaban J connectivity index is 1.49. The maximum Gasteiger partial charge on any atom is 0.334 e. The Kier molecular flexibility index (Phi) is 4.23. The first-order valence-electron chi connectivity index (χ1n) is 10.1. The van der Waals surface area contributed by atoms with E-state index < -0.39 is 0 Å². The molecule has 0 amide bonds. The maximum atomic E-state index is 12.9. The molecule has 29 heavy (non-hydrogen) atoms. The van der Waals surface area contributed by atoms with Crippen molar-refractivity contribution in [1.29, 1.82) is 0 Å². The smallest absolute Gasteiger partial charge is 0.334 e. The highest BCUT2D eigenvalue weighted by atomic mass is 16.5. The van der Waals surface area contributed by atoms with Crippen LogP contribution in [0.1, 0.15) is 31.2 Å². The van der Waals surface area contributed by atoms with Gasteiger partial charge in [-0.2, -0.15) is 4.98 Å². The maximum absolute atomic E-state index is 12.9. The highest BCUT2D eigenvalue weighted by molar-refractivity contribution is 5.73. The number of aromatic nitrogens is 5. The van der Waals surface area contributed by atoms with E-state index in [-0.39, 0.29) is 5.69 Å². The second-order valence-corrected chi connectivity index (χ2v) is 7.36. The number of benzene rings is 1. The minimum Gasteiger partial charge on any atom is -0.426 e. The van der Waals surface area contributed by atoms with Gasteiger partial charge in [0.1, 0.15) is 5.75 Å². The molecule has 0 atom stereocenters. The number of nitrogens with zero attached hydrogens (tertiary/aromatic N) is 5. The predicted molar refractivity (Wildman–Crippen MR) is 111 cm³/mol. The molecule has 0 radical (unpaired) electrons. The van der Waals surface area contributed by atoms with Crippen LogP contribution >= 0.6 is 0 Å².